The standard InChI is InChI=1S/C23H25N3O3/c1-17(2)24-23(27)22(26-28-4)21-13-9-8-12-20(21)16-29-25-18(3)14-15-19-10-6-5-7-11-19/h5-13,17H,16H2,1-4H3,(H,24,27)/b25-18+,26-22+. The van der Waals surface area contributed by atoms with Crippen LogP contribution in [0.3, 0.4) is 0 Å². The van der Waals surface area contributed by atoms with Crippen molar-refractivity contribution in [3.8, 4) is 11.8 Å². The van der Waals surface area contributed by atoms with Crippen LogP contribution in [-0.2, 0) is 21.1 Å². The Morgan fingerprint density at radius 1 is 1.07 bits per heavy atom. The monoisotopic (exact) mass is 391 g/mol. The van der Waals surface area contributed by atoms with Crippen LogP contribution in [-0.4, -0.2) is 30.5 Å². The molecule has 0 aromatic heterocycles. The molecule has 29 heavy (non-hydrogen) atoms. The van der Waals surface area contributed by atoms with E-state index in [1.165, 1.54) is 7.11 Å². The van der Waals surface area contributed by atoms with Gasteiger partial charge >= 0.3 is 0 Å². The Hall–Kier alpha value is -3.59. The number of nitrogens with zero attached hydrogens (tertiary/aromatic N) is 2. The predicted molar refractivity (Wildman–Crippen MR) is 114 cm³/mol. The molecule has 1 amide bonds. The summed E-state index contributed by atoms with van der Waals surface area (Å²) in [4.78, 5) is 22.8. The van der Waals surface area contributed by atoms with Crippen LogP contribution in [0.15, 0.2) is 64.9 Å². The second kappa shape index (κ2) is 11.3. The minimum absolute atomic E-state index is 0.0246. The average Bonchev–Trinajstić information content (AvgIpc) is 2.71. The van der Waals surface area contributed by atoms with Crippen molar-refractivity contribution in [3.05, 3.63) is 71.3 Å². The van der Waals surface area contributed by atoms with Gasteiger partial charge in [0.2, 0.25) is 0 Å². The first-order chi connectivity index (χ1) is 14.0. The van der Waals surface area contributed by atoms with Crippen molar-refractivity contribution >= 4 is 17.3 Å². The Morgan fingerprint density at radius 3 is 2.45 bits per heavy atom. The van der Waals surface area contributed by atoms with Gasteiger partial charge in [-0.25, -0.2) is 0 Å². The van der Waals surface area contributed by atoms with Crippen molar-refractivity contribution in [2.75, 3.05) is 7.11 Å². The van der Waals surface area contributed by atoms with E-state index < -0.39 is 0 Å². The van der Waals surface area contributed by atoms with Crippen LogP contribution in [0, 0.1) is 11.8 Å². The minimum atomic E-state index is -0.317. The lowest BCUT2D eigenvalue weighted by Gasteiger charge is -2.13. The molecule has 6 heteroatoms. The fourth-order valence-electron chi connectivity index (χ4n) is 2.42. The fourth-order valence-corrected chi connectivity index (χ4v) is 2.42. The van der Waals surface area contributed by atoms with Crippen molar-refractivity contribution in [2.24, 2.45) is 10.3 Å². The molecule has 0 aliphatic heterocycles. The molecule has 0 heterocycles. The first-order valence-corrected chi connectivity index (χ1v) is 9.25. The van der Waals surface area contributed by atoms with E-state index in [2.05, 4.69) is 27.5 Å². The van der Waals surface area contributed by atoms with Crippen molar-refractivity contribution in [1.82, 2.24) is 5.32 Å². The van der Waals surface area contributed by atoms with E-state index in [0.29, 0.717) is 11.3 Å². The first kappa shape index (κ1) is 21.7. The highest BCUT2D eigenvalue weighted by Gasteiger charge is 2.19. The summed E-state index contributed by atoms with van der Waals surface area (Å²) in [6.45, 7) is 5.70. The molecule has 0 aliphatic carbocycles. The van der Waals surface area contributed by atoms with Crippen LogP contribution in [0.4, 0.5) is 0 Å². The summed E-state index contributed by atoms with van der Waals surface area (Å²) in [6.07, 6.45) is 0. The highest BCUT2D eigenvalue weighted by molar-refractivity contribution is 6.45. The number of carbonyl (C=O) groups excluding carboxylic acids is 1. The van der Waals surface area contributed by atoms with E-state index in [1.54, 1.807) is 13.0 Å². The molecule has 0 atom stereocenters. The number of nitrogens with one attached hydrogen (secondary N) is 1. The van der Waals surface area contributed by atoms with Crippen molar-refractivity contribution in [2.45, 2.75) is 33.4 Å². The highest BCUT2D eigenvalue weighted by atomic mass is 16.6. The zero-order valence-corrected chi connectivity index (χ0v) is 17.1. The van der Waals surface area contributed by atoms with E-state index in [0.717, 1.165) is 11.1 Å². The van der Waals surface area contributed by atoms with Crippen molar-refractivity contribution in [1.29, 1.82) is 0 Å². The second-order valence-corrected chi connectivity index (χ2v) is 6.47. The van der Waals surface area contributed by atoms with Gasteiger partial charge in [-0.05, 0) is 38.8 Å². The maximum atomic E-state index is 12.5. The van der Waals surface area contributed by atoms with Crippen LogP contribution < -0.4 is 5.32 Å². The molecule has 0 fully saturated rings. The van der Waals surface area contributed by atoms with Gasteiger partial charge in [-0.3, -0.25) is 4.79 Å². The Morgan fingerprint density at radius 2 is 1.76 bits per heavy atom. The summed E-state index contributed by atoms with van der Waals surface area (Å²) in [5.74, 6) is 5.66. The lowest BCUT2D eigenvalue weighted by atomic mass is 10.0. The third-order valence-electron chi connectivity index (χ3n) is 3.67. The van der Waals surface area contributed by atoms with Gasteiger partial charge in [0.05, 0.1) is 0 Å². The predicted octanol–water partition coefficient (Wildman–Crippen LogP) is 3.51. The summed E-state index contributed by atoms with van der Waals surface area (Å²) in [7, 11) is 1.40. The number of carbonyl (C=O) groups is 1. The van der Waals surface area contributed by atoms with E-state index >= 15 is 0 Å². The maximum absolute atomic E-state index is 12.5. The SMILES string of the molecule is CO/N=C(/C(=O)NC(C)C)c1ccccc1CO/N=C(\C)C#Cc1ccccc1. The fraction of sp³-hybridized carbons (Fsp3) is 0.261. The average molecular weight is 391 g/mol. The first-order valence-electron chi connectivity index (χ1n) is 9.25. The highest BCUT2D eigenvalue weighted by Crippen LogP contribution is 2.13. The molecule has 150 valence electrons. The molecular weight excluding hydrogens is 366 g/mol. The third-order valence-corrected chi connectivity index (χ3v) is 3.67. The number of hydrogen-bond donors (Lipinski definition) is 1. The minimum Gasteiger partial charge on any atom is -0.398 e. The zero-order chi connectivity index (χ0) is 21.1. The van der Waals surface area contributed by atoms with Gasteiger partial charge < -0.3 is 15.0 Å². The molecule has 0 bridgehead atoms. The number of oxime groups is 2. The Kier molecular flexibility index (Phi) is 8.46. The quantitative estimate of drug-likeness (QED) is 0.446. The molecule has 1 N–H and O–H groups in total. The molecule has 2 aromatic carbocycles. The van der Waals surface area contributed by atoms with Crippen molar-refractivity contribution < 1.29 is 14.5 Å². The third kappa shape index (κ3) is 7.15. The zero-order valence-electron chi connectivity index (χ0n) is 17.1. The molecule has 2 aromatic rings. The van der Waals surface area contributed by atoms with Gasteiger partial charge in [0, 0.05) is 22.7 Å². The molecule has 0 spiro atoms. The topological polar surface area (TPSA) is 72.3 Å². The van der Waals surface area contributed by atoms with Gasteiger partial charge in [0.25, 0.3) is 5.91 Å². The Balaban J connectivity index is 2.13. The molecule has 0 aliphatic rings. The van der Waals surface area contributed by atoms with E-state index in [-0.39, 0.29) is 24.3 Å². The van der Waals surface area contributed by atoms with Crippen LogP contribution in [0.1, 0.15) is 37.5 Å². The summed E-state index contributed by atoms with van der Waals surface area (Å²) < 4.78 is 0. The number of amides is 1. The van der Waals surface area contributed by atoms with E-state index in [1.807, 2.05) is 62.4 Å². The normalized spacial score (nSPS) is 11.5. The van der Waals surface area contributed by atoms with Gasteiger partial charge in [-0.2, -0.15) is 0 Å². The van der Waals surface area contributed by atoms with Gasteiger partial charge in [-0.1, -0.05) is 58.7 Å². The lowest BCUT2D eigenvalue weighted by Crippen LogP contribution is -2.37. The molecule has 0 saturated heterocycles. The molecule has 0 saturated carbocycles. The molecule has 0 radical (unpaired) electrons. The number of hydrogen-bond acceptors (Lipinski definition) is 5. The maximum Gasteiger partial charge on any atom is 0.274 e. The summed E-state index contributed by atoms with van der Waals surface area (Å²) in [5, 5.41) is 10.8. The van der Waals surface area contributed by atoms with Gasteiger partial charge in [0.1, 0.15) is 19.4 Å². The molecule has 0 unspecified atom stereocenters. The Labute approximate surface area is 171 Å². The summed E-state index contributed by atoms with van der Waals surface area (Å²) >= 11 is 0. The summed E-state index contributed by atoms with van der Waals surface area (Å²) in [6, 6.07) is 17.0. The summed E-state index contributed by atoms with van der Waals surface area (Å²) in [5.41, 5.74) is 3.02. The van der Waals surface area contributed by atoms with E-state index in [4.69, 9.17) is 9.68 Å². The Bertz CT molecular complexity index is 939. The number of benzene rings is 2. The molecular formula is C23H25N3O3. The van der Waals surface area contributed by atoms with Crippen LogP contribution in [0.2, 0.25) is 0 Å². The molecule has 6 nitrogen and oxygen atoms in total. The lowest BCUT2D eigenvalue weighted by molar-refractivity contribution is -0.115. The van der Waals surface area contributed by atoms with Crippen molar-refractivity contribution in [3.63, 3.8) is 0 Å². The van der Waals surface area contributed by atoms with Gasteiger partial charge in [-0.15, -0.1) is 0 Å². The van der Waals surface area contributed by atoms with Crippen LogP contribution in [0.25, 0.3) is 0 Å². The van der Waals surface area contributed by atoms with Crippen LogP contribution in [0.5, 0.6) is 0 Å². The second-order valence-electron chi connectivity index (χ2n) is 6.47. The molecule has 2 rings (SSSR count). The van der Waals surface area contributed by atoms with Gasteiger partial charge in [0.15, 0.2) is 5.71 Å². The van der Waals surface area contributed by atoms with E-state index in [9.17, 15) is 4.79 Å². The number of rotatable bonds is 7. The largest absolute Gasteiger partial charge is 0.398 e. The smallest absolute Gasteiger partial charge is 0.274 e. The van der Waals surface area contributed by atoms with Crippen LogP contribution >= 0.6 is 0 Å².